The SMILES string of the molecule is CC(OS(C)(=O)=O)c1cncc(F)c1. The number of nitrogens with zero attached hydrogens (tertiary/aromatic N) is 1. The highest BCUT2D eigenvalue weighted by atomic mass is 32.2. The molecule has 1 heterocycles. The van der Waals surface area contributed by atoms with Crippen molar-refractivity contribution in [1.82, 2.24) is 4.98 Å². The molecule has 1 atom stereocenters. The van der Waals surface area contributed by atoms with E-state index in [-0.39, 0.29) is 0 Å². The Morgan fingerprint density at radius 2 is 2.14 bits per heavy atom. The molecule has 0 aliphatic rings. The standard InChI is InChI=1S/C8H10FNO3S/c1-6(13-14(2,11)12)7-3-8(9)5-10-4-7/h3-6H,1-2H3. The van der Waals surface area contributed by atoms with Crippen LogP contribution >= 0.6 is 0 Å². The second kappa shape index (κ2) is 4.02. The van der Waals surface area contributed by atoms with Gasteiger partial charge in [-0.05, 0) is 13.0 Å². The zero-order valence-corrected chi connectivity index (χ0v) is 8.58. The van der Waals surface area contributed by atoms with E-state index < -0.39 is 22.0 Å². The highest BCUT2D eigenvalue weighted by Crippen LogP contribution is 2.17. The fourth-order valence-electron chi connectivity index (χ4n) is 0.968. The summed E-state index contributed by atoms with van der Waals surface area (Å²) < 4.78 is 38.9. The van der Waals surface area contributed by atoms with E-state index in [9.17, 15) is 12.8 Å². The monoisotopic (exact) mass is 219 g/mol. The minimum atomic E-state index is -3.53. The number of pyridine rings is 1. The summed E-state index contributed by atoms with van der Waals surface area (Å²) >= 11 is 0. The summed E-state index contributed by atoms with van der Waals surface area (Å²) in [6.07, 6.45) is 2.61. The smallest absolute Gasteiger partial charge is 0.262 e. The Labute approximate surface area is 81.9 Å². The first-order chi connectivity index (χ1) is 6.38. The van der Waals surface area contributed by atoms with Gasteiger partial charge in [0, 0.05) is 11.8 Å². The molecule has 1 aromatic heterocycles. The summed E-state index contributed by atoms with van der Waals surface area (Å²) in [7, 11) is -3.53. The molecule has 0 radical (unpaired) electrons. The van der Waals surface area contributed by atoms with Crippen LogP contribution < -0.4 is 0 Å². The lowest BCUT2D eigenvalue weighted by Gasteiger charge is -2.10. The first-order valence-electron chi connectivity index (χ1n) is 3.87. The Bertz CT molecular complexity index is 418. The zero-order valence-electron chi connectivity index (χ0n) is 7.77. The molecule has 4 nitrogen and oxygen atoms in total. The van der Waals surface area contributed by atoms with E-state index in [0.717, 1.165) is 12.5 Å². The number of rotatable bonds is 3. The van der Waals surface area contributed by atoms with Gasteiger partial charge in [-0.25, -0.2) is 4.39 Å². The van der Waals surface area contributed by atoms with Crippen LogP contribution in [0.4, 0.5) is 4.39 Å². The van der Waals surface area contributed by atoms with Crippen molar-refractivity contribution in [2.24, 2.45) is 0 Å². The molecule has 0 amide bonds. The topological polar surface area (TPSA) is 56.3 Å². The molecular weight excluding hydrogens is 209 g/mol. The van der Waals surface area contributed by atoms with Gasteiger partial charge < -0.3 is 0 Å². The van der Waals surface area contributed by atoms with E-state index in [2.05, 4.69) is 9.17 Å². The highest BCUT2D eigenvalue weighted by molar-refractivity contribution is 7.86. The third-order valence-electron chi connectivity index (χ3n) is 1.51. The molecule has 0 N–H and O–H groups in total. The molecule has 0 saturated carbocycles. The van der Waals surface area contributed by atoms with Gasteiger partial charge in [-0.2, -0.15) is 8.42 Å². The third kappa shape index (κ3) is 3.39. The summed E-state index contributed by atoms with van der Waals surface area (Å²) in [6.45, 7) is 1.51. The molecule has 1 unspecified atom stereocenters. The van der Waals surface area contributed by atoms with E-state index in [1.165, 1.54) is 19.2 Å². The molecule has 0 aromatic carbocycles. The zero-order chi connectivity index (χ0) is 10.8. The lowest BCUT2D eigenvalue weighted by molar-refractivity contribution is 0.235. The fourth-order valence-corrected chi connectivity index (χ4v) is 1.60. The minimum Gasteiger partial charge on any atom is -0.262 e. The van der Waals surface area contributed by atoms with Crippen LogP contribution in [0.1, 0.15) is 18.6 Å². The minimum absolute atomic E-state index is 0.385. The summed E-state index contributed by atoms with van der Waals surface area (Å²) in [5.74, 6) is -0.522. The van der Waals surface area contributed by atoms with Crippen molar-refractivity contribution in [1.29, 1.82) is 0 Å². The highest BCUT2D eigenvalue weighted by Gasteiger charge is 2.13. The molecule has 6 heteroatoms. The Hall–Kier alpha value is -1.01. The van der Waals surface area contributed by atoms with Crippen LogP contribution in [-0.2, 0) is 14.3 Å². The predicted molar refractivity (Wildman–Crippen MR) is 48.5 cm³/mol. The Balaban J connectivity index is 2.85. The average Bonchev–Trinajstić information content (AvgIpc) is 2.01. The predicted octanol–water partition coefficient (Wildman–Crippen LogP) is 1.26. The van der Waals surface area contributed by atoms with E-state index >= 15 is 0 Å². The third-order valence-corrected chi connectivity index (χ3v) is 2.15. The van der Waals surface area contributed by atoms with Crippen LogP contribution in [0, 0.1) is 5.82 Å². The van der Waals surface area contributed by atoms with Gasteiger partial charge in [0.1, 0.15) is 11.9 Å². The molecule has 0 aliphatic carbocycles. The molecule has 0 aliphatic heterocycles. The Kier molecular flexibility index (Phi) is 3.17. The maximum Gasteiger partial charge on any atom is 0.264 e. The quantitative estimate of drug-likeness (QED) is 0.718. The molecule has 1 rings (SSSR count). The molecule has 78 valence electrons. The molecular formula is C8H10FNO3S. The second-order valence-electron chi connectivity index (χ2n) is 2.88. The normalized spacial score (nSPS) is 13.9. The maximum atomic E-state index is 12.7. The number of halogens is 1. The Morgan fingerprint density at radius 1 is 1.50 bits per heavy atom. The van der Waals surface area contributed by atoms with Gasteiger partial charge in [-0.3, -0.25) is 9.17 Å². The van der Waals surface area contributed by atoms with Gasteiger partial charge in [0.2, 0.25) is 0 Å². The summed E-state index contributed by atoms with van der Waals surface area (Å²) in [5, 5.41) is 0. The van der Waals surface area contributed by atoms with Gasteiger partial charge in [0.25, 0.3) is 10.1 Å². The van der Waals surface area contributed by atoms with Gasteiger partial charge in [0.05, 0.1) is 12.5 Å². The number of hydrogen-bond acceptors (Lipinski definition) is 4. The summed E-state index contributed by atoms with van der Waals surface area (Å²) in [5.41, 5.74) is 0.385. The van der Waals surface area contributed by atoms with E-state index in [0.29, 0.717) is 5.56 Å². The van der Waals surface area contributed by atoms with Crippen LogP contribution in [0.3, 0.4) is 0 Å². The second-order valence-corrected chi connectivity index (χ2v) is 4.48. The molecule has 14 heavy (non-hydrogen) atoms. The van der Waals surface area contributed by atoms with Crippen LogP contribution in [0.2, 0.25) is 0 Å². The maximum absolute atomic E-state index is 12.7. The van der Waals surface area contributed by atoms with Gasteiger partial charge >= 0.3 is 0 Å². The van der Waals surface area contributed by atoms with E-state index in [1.807, 2.05) is 0 Å². The lowest BCUT2D eigenvalue weighted by atomic mass is 10.2. The van der Waals surface area contributed by atoms with Crippen LogP contribution in [0.5, 0.6) is 0 Å². The average molecular weight is 219 g/mol. The summed E-state index contributed by atoms with van der Waals surface area (Å²) in [4.78, 5) is 3.59. The first-order valence-corrected chi connectivity index (χ1v) is 5.69. The number of hydrogen-bond donors (Lipinski definition) is 0. The largest absolute Gasteiger partial charge is 0.264 e. The van der Waals surface area contributed by atoms with Crippen molar-refractivity contribution in [3.8, 4) is 0 Å². The van der Waals surface area contributed by atoms with Crippen LogP contribution in [0.15, 0.2) is 18.5 Å². The Morgan fingerprint density at radius 3 is 2.64 bits per heavy atom. The van der Waals surface area contributed by atoms with Crippen molar-refractivity contribution in [2.75, 3.05) is 6.26 Å². The summed E-state index contributed by atoms with van der Waals surface area (Å²) in [6, 6.07) is 1.18. The van der Waals surface area contributed by atoms with Crippen molar-refractivity contribution in [2.45, 2.75) is 13.0 Å². The lowest BCUT2D eigenvalue weighted by Crippen LogP contribution is -2.07. The molecule has 0 spiro atoms. The number of aromatic nitrogens is 1. The van der Waals surface area contributed by atoms with Gasteiger partial charge in [-0.1, -0.05) is 0 Å². The van der Waals surface area contributed by atoms with Crippen molar-refractivity contribution in [3.63, 3.8) is 0 Å². The molecule has 0 bridgehead atoms. The van der Waals surface area contributed by atoms with Gasteiger partial charge in [-0.15, -0.1) is 0 Å². The van der Waals surface area contributed by atoms with Crippen LogP contribution in [0.25, 0.3) is 0 Å². The van der Waals surface area contributed by atoms with Crippen molar-refractivity contribution >= 4 is 10.1 Å². The van der Waals surface area contributed by atoms with Crippen molar-refractivity contribution in [3.05, 3.63) is 29.8 Å². The van der Waals surface area contributed by atoms with Gasteiger partial charge in [0.15, 0.2) is 0 Å². The molecule has 1 aromatic rings. The van der Waals surface area contributed by atoms with Crippen LogP contribution in [-0.4, -0.2) is 19.7 Å². The van der Waals surface area contributed by atoms with Crippen molar-refractivity contribution < 1.29 is 17.0 Å². The first kappa shape index (κ1) is 11.1. The fraction of sp³-hybridized carbons (Fsp3) is 0.375. The molecule has 0 fully saturated rings. The molecule has 0 saturated heterocycles. The van der Waals surface area contributed by atoms with E-state index in [4.69, 9.17) is 0 Å². The van der Waals surface area contributed by atoms with E-state index in [1.54, 1.807) is 0 Å².